The Labute approximate surface area is 90.8 Å². The molecule has 0 radical (unpaired) electrons. The first-order valence-corrected chi connectivity index (χ1v) is 5.34. The van der Waals surface area contributed by atoms with Crippen LogP contribution in [0.2, 0.25) is 0 Å². The van der Waals surface area contributed by atoms with Crippen molar-refractivity contribution < 1.29 is 0 Å². The predicted molar refractivity (Wildman–Crippen MR) is 64.8 cm³/mol. The van der Waals surface area contributed by atoms with Gasteiger partial charge in [0, 0.05) is 38.4 Å². The molecule has 0 aliphatic carbocycles. The zero-order valence-corrected chi connectivity index (χ0v) is 9.33. The van der Waals surface area contributed by atoms with Gasteiger partial charge >= 0.3 is 0 Å². The summed E-state index contributed by atoms with van der Waals surface area (Å²) in [5, 5.41) is 3.35. The lowest BCUT2D eigenvalue weighted by atomic mass is 10.1. The van der Waals surface area contributed by atoms with Crippen LogP contribution in [0.15, 0.2) is 29.3 Å². The largest absolute Gasteiger partial charge is 0.377 e. The van der Waals surface area contributed by atoms with Crippen molar-refractivity contribution in [2.75, 3.05) is 32.1 Å². The standard InChI is InChI=1S/C12H17N3/c1-15(2)11-7-4-3-6-10(11)12-13-8-5-9-14-12/h3-4,6-7H,5,8-9H2,1-2H3,(H,13,14). The summed E-state index contributed by atoms with van der Waals surface area (Å²) in [6.07, 6.45) is 1.13. The van der Waals surface area contributed by atoms with Gasteiger partial charge in [0.05, 0.1) is 0 Å². The Balaban J connectivity index is 2.38. The molecule has 1 N–H and O–H groups in total. The summed E-state index contributed by atoms with van der Waals surface area (Å²) >= 11 is 0. The lowest BCUT2D eigenvalue weighted by molar-refractivity contribution is 0.742. The van der Waals surface area contributed by atoms with E-state index in [1.54, 1.807) is 0 Å². The molecule has 0 aromatic heterocycles. The fraction of sp³-hybridized carbons (Fsp3) is 0.417. The van der Waals surface area contributed by atoms with E-state index in [0.717, 1.165) is 25.3 Å². The van der Waals surface area contributed by atoms with Crippen LogP contribution in [0, 0.1) is 0 Å². The van der Waals surface area contributed by atoms with Crippen LogP contribution in [0.5, 0.6) is 0 Å². The molecule has 0 spiro atoms. The van der Waals surface area contributed by atoms with Crippen LogP contribution < -0.4 is 10.2 Å². The van der Waals surface area contributed by atoms with Crippen LogP contribution in [0.1, 0.15) is 12.0 Å². The minimum atomic E-state index is 0.935. The highest BCUT2D eigenvalue weighted by molar-refractivity contribution is 6.03. The van der Waals surface area contributed by atoms with Crippen LogP contribution in [-0.4, -0.2) is 33.0 Å². The van der Waals surface area contributed by atoms with Crippen molar-refractivity contribution in [1.29, 1.82) is 0 Å². The second kappa shape index (κ2) is 4.34. The lowest BCUT2D eigenvalue weighted by Gasteiger charge is -2.21. The smallest absolute Gasteiger partial charge is 0.130 e. The van der Waals surface area contributed by atoms with E-state index in [1.807, 2.05) is 0 Å². The quantitative estimate of drug-likeness (QED) is 0.788. The minimum Gasteiger partial charge on any atom is -0.377 e. The maximum Gasteiger partial charge on any atom is 0.130 e. The monoisotopic (exact) mass is 203 g/mol. The Morgan fingerprint density at radius 2 is 2.07 bits per heavy atom. The van der Waals surface area contributed by atoms with E-state index in [1.165, 1.54) is 11.3 Å². The average molecular weight is 203 g/mol. The summed E-state index contributed by atoms with van der Waals surface area (Å²) in [7, 11) is 4.12. The summed E-state index contributed by atoms with van der Waals surface area (Å²) in [5.74, 6) is 1.03. The molecule has 1 aromatic rings. The van der Waals surface area contributed by atoms with E-state index >= 15 is 0 Å². The zero-order valence-electron chi connectivity index (χ0n) is 9.33. The molecule has 1 aromatic carbocycles. The van der Waals surface area contributed by atoms with Gasteiger partial charge in [0.25, 0.3) is 0 Å². The van der Waals surface area contributed by atoms with Gasteiger partial charge in [0.1, 0.15) is 5.84 Å². The molecule has 1 heterocycles. The molecule has 0 saturated heterocycles. The minimum absolute atomic E-state index is 0.935. The second-order valence-electron chi connectivity index (χ2n) is 3.92. The van der Waals surface area contributed by atoms with Crippen molar-refractivity contribution >= 4 is 11.5 Å². The van der Waals surface area contributed by atoms with Crippen LogP contribution in [0.25, 0.3) is 0 Å². The normalized spacial score (nSPS) is 15.5. The Bertz CT molecular complexity index is 369. The SMILES string of the molecule is CN(C)c1ccccc1C1=NCCCN1. The fourth-order valence-corrected chi connectivity index (χ4v) is 1.78. The van der Waals surface area contributed by atoms with Crippen molar-refractivity contribution in [2.24, 2.45) is 4.99 Å². The van der Waals surface area contributed by atoms with Crippen molar-refractivity contribution in [3.8, 4) is 0 Å². The number of anilines is 1. The van der Waals surface area contributed by atoms with Gasteiger partial charge in [-0.25, -0.2) is 0 Å². The van der Waals surface area contributed by atoms with Gasteiger partial charge in [-0.2, -0.15) is 0 Å². The maximum atomic E-state index is 4.52. The summed E-state index contributed by atoms with van der Waals surface area (Å²) in [6.45, 7) is 1.96. The summed E-state index contributed by atoms with van der Waals surface area (Å²) in [5.41, 5.74) is 2.41. The Morgan fingerprint density at radius 3 is 2.73 bits per heavy atom. The third-order valence-electron chi connectivity index (χ3n) is 2.54. The molecule has 3 heteroatoms. The van der Waals surface area contributed by atoms with Gasteiger partial charge in [0.15, 0.2) is 0 Å². The number of amidine groups is 1. The summed E-state index contributed by atoms with van der Waals surface area (Å²) < 4.78 is 0. The first-order valence-electron chi connectivity index (χ1n) is 5.34. The molecule has 0 unspecified atom stereocenters. The van der Waals surface area contributed by atoms with Crippen molar-refractivity contribution in [3.05, 3.63) is 29.8 Å². The first kappa shape index (κ1) is 10.0. The number of rotatable bonds is 2. The second-order valence-corrected chi connectivity index (χ2v) is 3.92. The van der Waals surface area contributed by atoms with Crippen molar-refractivity contribution in [2.45, 2.75) is 6.42 Å². The van der Waals surface area contributed by atoms with Crippen LogP contribution in [-0.2, 0) is 0 Å². The van der Waals surface area contributed by atoms with Gasteiger partial charge in [-0.15, -0.1) is 0 Å². The lowest BCUT2D eigenvalue weighted by Crippen LogP contribution is -2.31. The average Bonchev–Trinajstić information content (AvgIpc) is 2.30. The Kier molecular flexibility index (Phi) is 2.90. The first-order chi connectivity index (χ1) is 7.29. The highest BCUT2D eigenvalue weighted by Gasteiger charge is 2.11. The topological polar surface area (TPSA) is 27.6 Å². The van der Waals surface area contributed by atoms with Gasteiger partial charge in [0.2, 0.25) is 0 Å². The van der Waals surface area contributed by atoms with Crippen LogP contribution in [0.3, 0.4) is 0 Å². The zero-order chi connectivity index (χ0) is 10.7. The summed E-state index contributed by atoms with van der Waals surface area (Å²) in [4.78, 5) is 6.64. The molecule has 0 fully saturated rings. The van der Waals surface area contributed by atoms with E-state index in [-0.39, 0.29) is 0 Å². The number of nitrogens with one attached hydrogen (secondary N) is 1. The highest BCUT2D eigenvalue weighted by atomic mass is 15.1. The Morgan fingerprint density at radius 1 is 1.27 bits per heavy atom. The number of aliphatic imine (C=N–C) groups is 1. The van der Waals surface area contributed by atoms with E-state index in [2.05, 4.69) is 53.6 Å². The number of benzene rings is 1. The molecule has 80 valence electrons. The van der Waals surface area contributed by atoms with Crippen molar-refractivity contribution in [1.82, 2.24) is 5.32 Å². The van der Waals surface area contributed by atoms with Crippen LogP contribution >= 0.6 is 0 Å². The molecule has 0 atom stereocenters. The van der Waals surface area contributed by atoms with Gasteiger partial charge in [-0.05, 0) is 18.6 Å². The third-order valence-corrected chi connectivity index (χ3v) is 2.54. The van der Waals surface area contributed by atoms with E-state index in [9.17, 15) is 0 Å². The molecule has 2 rings (SSSR count). The maximum absolute atomic E-state index is 4.52. The third kappa shape index (κ3) is 2.12. The molecule has 1 aliphatic rings. The van der Waals surface area contributed by atoms with E-state index in [4.69, 9.17) is 0 Å². The summed E-state index contributed by atoms with van der Waals surface area (Å²) in [6, 6.07) is 8.35. The van der Waals surface area contributed by atoms with Gasteiger partial charge in [-0.3, -0.25) is 4.99 Å². The number of para-hydroxylation sites is 1. The number of hydrogen-bond acceptors (Lipinski definition) is 3. The molecule has 0 saturated carbocycles. The molecular weight excluding hydrogens is 186 g/mol. The highest BCUT2D eigenvalue weighted by Crippen LogP contribution is 2.18. The van der Waals surface area contributed by atoms with E-state index < -0.39 is 0 Å². The number of hydrogen-bond donors (Lipinski definition) is 1. The molecule has 3 nitrogen and oxygen atoms in total. The van der Waals surface area contributed by atoms with Gasteiger partial charge in [-0.1, -0.05) is 12.1 Å². The number of nitrogens with zero attached hydrogens (tertiary/aromatic N) is 2. The van der Waals surface area contributed by atoms with E-state index in [0.29, 0.717) is 0 Å². The molecule has 0 amide bonds. The molecule has 1 aliphatic heterocycles. The fourth-order valence-electron chi connectivity index (χ4n) is 1.78. The molecular formula is C12H17N3. The predicted octanol–water partition coefficient (Wildman–Crippen LogP) is 1.49. The van der Waals surface area contributed by atoms with Crippen molar-refractivity contribution in [3.63, 3.8) is 0 Å². The van der Waals surface area contributed by atoms with Gasteiger partial charge < -0.3 is 10.2 Å². The molecule has 15 heavy (non-hydrogen) atoms. The van der Waals surface area contributed by atoms with Crippen LogP contribution in [0.4, 0.5) is 5.69 Å². The molecule has 0 bridgehead atoms. The Hall–Kier alpha value is -1.51.